The quantitative estimate of drug-likeness (QED) is 0.277. The molecule has 0 aliphatic heterocycles. The third-order valence-corrected chi connectivity index (χ3v) is 3.39. The number of hydrogen-bond acceptors (Lipinski definition) is 3. The summed E-state index contributed by atoms with van der Waals surface area (Å²) in [5, 5.41) is 0. The molecule has 0 aromatic heterocycles. The van der Waals surface area contributed by atoms with Crippen molar-refractivity contribution in [3.05, 3.63) is 42.0 Å². The van der Waals surface area contributed by atoms with Gasteiger partial charge >= 0.3 is 5.97 Å². The maximum absolute atomic E-state index is 11.5. The highest BCUT2D eigenvalue weighted by Gasteiger charge is 2.06. The molecule has 116 valence electrons. The van der Waals surface area contributed by atoms with E-state index in [0.717, 1.165) is 12.0 Å². The molecule has 3 heteroatoms. The van der Waals surface area contributed by atoms with Gasteiger partial charge in [0, 0.05) is 6.08 Å². The van der Waals surface area contributed by atoms with Crippen molar-refractivity contribution in [2.75, 3.05) is 13.4 Å². The first-order chi connectivity index (χ1) is 10.3. The summed E-state index contributed by atoms with van der Waals surface area (Å²) in [6.07, 6.45) is 7.86. The van der Waals surface area contributed by atoms with Crippen LogP contribution in [0, 0.1) is 5.92 Å². The van der Waals surface area contributed by atoms with Gasteiger partial charge in [0.1, 0.15) is 0 Å². The van der Waals surface area contributed by atoms with Crippen LogP contribution in [0.1, 0.15) is 45.1 Å². The Bertz CT molecular complexity index is 412. The molecule has 0 aliphatic rings. The molecule has 0 bridgehead atoms. The van der Waals surface area contributed by atoms with Crippen molar-refractivity contribution in [1.29, 1.82) is 0 Å². The summed E-state index contributed by atoms with van der Waals surface area (Å²) >= 11 is 0. The van der Waals surface area contributed by atoms with E-state index in [-0.39, 0.29) is 12.8 Å². The minimum atomic E-state index is -0.375. The lowest BCUT2D eigenvalue weighted by Gasteiger charge is -2.14. The van der Waals surface area contributed by atoms with Gasteiger partial charge in [-0.1, -0.05) is 63.4 Å². The van der Waals surface area contributed by atoms with Gasteiger partial charge in [0.15, 0.2) is 6.79 Å². The fourth-order valence-electron chi connectivity index (χ4n) is 1.99. The van der Waals surface area contributed by atoms with Crippen LogP contribution < -0.4 is 0 Å². The van der Waals surface area contributed by atoms with Gasteiger partial charge in [0.2, 0.25) is 0 Å². The Morgan fingerprint density at radius 2 is 2.00 bits per heavy atom. The first-order valence-corrected chi connectivity index (χ1v) is 7.73. The number of carbonyl (C=O) groups excluding carboxylic acids is 1. The molecular formula is C18H26O3. The van der Waals surface area contributed by atoms with Crippen LogP contribution >= 0.6 is 0 Å². The van der Waals surface area contributed by atoms with Gasteiger partial charge in [-0.2, -0.15) is 0 Å². The van der Waals surface area contributed by atoms with Crippen molar-refractivity contribution < 1.29 is 14.3 Å². The van der Waals surface area contributed by atoms with E-state index in [1.54, 1.807) is 6.08 Å². The van der Waals surface area contributed by atoms with Gasteiger partial charge in [0.25, 0.3) is 0 Å². The second kappa shape index (κ2) is 11.1. The third kappa shape index (κ3) is 8.30. The maximum Gasteiger partial charge on any atom is 0.332 e. The summed E-state index contributed by atoms with van der Waals surface area (Å²) < 4.78 is 10.4. The zero-order chi connectivity index (χ0) is 15.3. The molecule has 0 aliphatic carbocycles. The third-order valence-electron chi connectivity index (χ3n) is 3.39. The van der Waals surface area contributed by atoms with Crippen molar-refractivity contribution in [1.82, 2.24) is 0 Å². The monoisotopic (exact) mass is 290 g/mol. The molecule has 1 aromatic carbocycles. The van der Waals surface area contributed by atoms with Gasteiger partial charge in [-0.15, -0.1) is 0 Å². The predicted octanol–water partition coefficient (Wildman–Crippen LogP) is 4.43. The molecule has 0 N–H and O–H groups in total. The maximum atomic E-state index is 11.5. The molecule has 0 saturated heterocycles. The molecule has 0 radical (unpaired) electrons. The first kappa shape index (κ1) is 17.4. The fourth-order valence-corrected chi connectivity index (χ4v) is 1.99. The van der Waals surface area contributed by atoms with E-state index in [2.05, 4.69) is 13.8 Å². The van der Waals surface area contributed by atoms with Crippen molar-refractivity contribution in [3.63, 3.8) is 0 Å². The van der Waals surface area contributed by atoms with Crippen LogP contribution in [0.5, 0.6) is 0 Å². The zero-order valence-electron chi connectivity index (χ0n) is 13.1. The summed E-state index contributed by atoms with van der Waals surface area (Å²) in [4.78, 5) is 11.5. The molecule has 21 heavy (non-hydrogen) atoms. The van der Waals surface area contributed by atoms with Crippen LogP contribution in [0.4, 0.5) is 0 Å². The molecule has 1 rings (SSSR count). The molecular weight excluding hydrogens is 264 g/mol. The Morgan fingerprint density at radius 3 is 2.67 bits per heavy atom. The minimum Gasteiger partial charge on any atom is -0.435 e. The van der Waals surface area contributed by atoms with Crippen LogP contribution in [-0.4, -0.2) is 19.4 Å². The van der Waals surface area contributed by atoms with E-state index in [4.69, 9.17) is 9.47 Å². The highest BCUT2D eigenvalue weighted by atomic mass is 16.7. The molecule has 0 saturated carbocycles. The first-order valence-electron chi connectivity index (χ1n) is 7.73. The molecule has 0 heterocycles. The van der Waals surface area contributed by atoms with E-state index in [1.807, 2.05) is 30.3 Å². The topological polar surface area (TPSA) is 35.5 Å². The molecule has 1 atom stereocenters. The smallest absolute Gasteiger partial charge is 0.332 e. The largest absolute Gasteiger partial charge is 0.435 e. The van der Waals surface area contributed by atoms with Gasteiger partial charge in [-0.25, -0.2) is 4.79 Å². The fraction of sp³-hybridized carbons (Fsp3) is 0.500. The van der Waals surface area contributed by atoms with Gasteiger partial charge in [0.05, 0.1) is 6.61 Å². The highest BCUT2D eigenvalue weighted by Crippen LogP contribution is 2.12. The summed E-state index contributed by atoms with van der Waals surface area (Å²) in [6, 6.07) is 9.65. The van der Waals surface area contributed by atoms with Crippen molar-refractivity contribution in [3.8, 4) is 0 Å². The van der Waals surface area contributed by atoms with Crippen molar-refractivity contribution >= 4 is 12.0 Å². The van der Waals surface area contributed by atoms with E-state index in [0.29, 0.717) is 12.5 Å². The summed E-state index contributed by atoms with van der Waals surface area (Å²) in [7, 11) is 0. The number of esters is 1. The lowest BCUT2D eigenvalue weighted by molar-refractivity contribution is -0.151. The molecule has 0 fully saturated rings. The van der Waals surface area contributed by atoms with Crippen LogP contribution in [0.3, 0.4) is 0 Å². The number of rotatable bonds is 10. The Labute approximate surface area is 128 Å². The second-order valence-corrected chi connectivity index (χ2v) is 5.11. The molecule has 1 unspecified atom stereocenters. The van der Waals surface area contributed by atoms with Gasteiger partial charge in [-0.3, -0.25) is 0 Å². The van der Waals surface area contributed by atoms with E-state index in [9.17, 15) is 4.79 Å². The summed E-state index contributed by atoms with van der Waals surface area (Å²) in [5.74, 6) is 0.184. The normalized spacial score (nSPS) is 12.5. The lowest BCUT2D eigenvalue weighted by Crippen LogP contribution is -2.12. The zero-order valence-corrected chi connectivity index (χ0v) is 13.1. The van der Waals surface area contributed by atoms with Crippen LogP contribution in [0.25, 0.3) is 6.08 Å². The standard InChI is InChI=1S/C18H26O3/c1-3-5-9-16(4-2)14-20-15-21-18(19)13-12-17-10-7-6-8-11-17/h6-8,10-13,16H,3-5,9,14-15H2,1-2H3/b13-12+. The number of carbonyl (C=O) groups is 1. The van der Waals surface area contributed by atoms with Crippen molar-refractivity contribution in [2.24, 2.45) is 5.92 Å². The second-order valence-electron chi connectivity index (χ2n) is 5.11. The molecule has 1 aromatic rings. The summed E-state index contributed by atoms with van der Waals surface area (Å²) in [6.45, 7) is 5.04. The van der Waals surface area contributed by atoms with Crippen LogP contribution in [0.2, 0.25) is 0 Å². The Morgan fingerprint density at radius 1 is 1.24 bits per heavy atom. The minimum absolute atomic E-state index is 0.0284. The lowest BCUT2D eigenvalue weighted by atomic mass is 10.0. The van der Waals surface area contributed by atoms with E-state index >= 15 is 0 Å². The van der Waals surface area contributed by atoms with Gasteiger partial charge in [-0.05, 0) is 24.0 Å². The van der Waals surface area contributed by atoms with Crippen molar-refractivity contribution in [2.45, 2.75) is 39.5 Å². The number of ether oxygens (including phenoxy) is 2. The van der Waals surface area contributed by atoms with E-state index in [1.165, 1.54) is 25.3 Å². The molecule has 3 nitrogen and oxygen atoms in total. The number of benzene rings is 1. The SMILES string of the molecule is CCCCC(CC)COCOC(=O)/C=C/c1ccccc1. The van der Waals surface area contributed by atoms with Crippen LogP contribution in [0.15, 0.2) is 36.4 Å². The Balaban J connectivity index is 2.17. The molecule has 0 amide bonds. The molecule has 0 spiro atoms. The predicted molar refractivity (Wildman–Crippen MR) is 85.7 cm³/mol. The highest BCUT2D eigenvalue weighted by molar-refractivity contribution is 5.86. The Hall–Kier alpha value is -1.61. The average molecular weight is 290 g/mol. The van der Waals surface area contributed by atoms with Crippen LogP contribution in [-0.2, 0) is 14.3 Å². The number of hydrogen-bond donors (Lipinski definition) is 0. The Kier molecular flexibility index (Phi) is 9.21. The van der Waals surface area contributed by atoms with Gasteiger partial charge < -0.3 is 9.47 Å². The summed E-state index contributed by atoms with van der Waals surface area (Å²) in [5.41, 5.74) is 0.973. The number of unbranched alkanes of at least 4 members (excludes halogenated alkanes) is 1. The van der Waals surface area contributed by atoms with E-state index < -0.39 is 0 Å². The average Bonchev–Trinajstić information content (AvgIpc) is 2.53.